The molecule has 2 rings (SSSR count). The van der Waals surface area contributed by atoms with Gasteiger partial charge in [-0.3, -0.25) is 9.59 Å². The van der Waals surface area contributed by atoms with Crippen molar-refractivity contribution in [2.45, 2.75) is 154 Å². The lowest BCUT2D eigenvalue weighted by Gasteiger charge is -2.50. The summed E-state index contributed by atoms with van der Waals surface area (Å²) >= 11 is 11.9. The lowest BCUT2D eigenvalue weighted by molar-refractivity contribution is -0.136. The number of rotatable bonds is 13. The molecule has 38 heavy (non-hydrogen) atoms. The largest absolute Gasteiger partial charge is 0.340 e. The number of alkyl halides is 2. The van der Waals surface area contributed by atoms with E-state index in [4.69, 9.17) is 23.2 Å². The van der Waals surface area contributed by atoms with E-state index in [0.717, 1.165) is 64.5 Å². The Hall–Kier alpha value is -0.560. The standard InChI is InChI=1S/C30H56Cl2N4O2/c1-27(2)19-23(20-28(3,4)33-27)35(25(37)13-15-31)17-11-9-10-12-18-36(26(38)14-16-32)24-21-29(5,6)34-30(7,8)22-24/h23-24,33-34H,9-22H2,1-8H3. The smallest absolute Gasteiger partial charge is 0.224 e. The van der Waals surface area contributed by atoms with E-state index in [0.29, 0.717) is 24.6 Å². The molecule has 2 saturated heterocycles. The number of nitrogens with zero attached hydrogens (tertiary/aromatic N) is 2. The number of amides is 2. The highest BCUT2D eigenvalue weighted by Gasteiger charge is 2.42. The SMILES string of the molecule is CC1(C)CC(N(CCCCCCN(C(=O)CCCl)C2CC(C)(C)NC(C)(C)C2)C(=O)CCCl)CC(C)(C)N1. The summed E-state index contributed by atoms with van der Waals surface area (Å²) in [6, 6.07) is 0.458. The van der Waals surface area contributed by atoms with Gasteiger partial charge in [0.1, 0.15) is 0 Å². The zero-order valence-corrected chi connectivity index (χ0v) is 27.0. The van der Waals surface area contributed by atoms with Crippen LogP contribution < -0.4 is 10.6 Å². The van der Waals surface area contributed by atoms with Gasteiger partial charge >= 0.3 is 0 Å². The molecule has 0 spiro atoms. The Balaban J connectivity index is 1.94. The molecule has 2 amide bonds. The molecule has 2 N–H and O–H groups in total. The maximum Gasteiger partial charge on any atom is 0.224 e. The summed E-state index contributed by atoms with van der Waals surface area (Å²) in [5.41, 5.74) is -0.0448. The normalized spacial score (nSPS) is 22.7. The molecule has 222 valence electrons. The Kier molecular flexibility index (Phi) is 12.3. The Morgan fingerprint density at radius 3 is 1.16 bits per heavy atom. The third-order valence-electron chi connectivity index (χ3n) is 8.02. The lowest BCUT2D eigenvalue weighted by Crippen LogP contribution is -2.63. The summed E-state index contributed by atoms with van der Waals surface area (Å²) in [5.74, 6) is 1.08. The van der Waals surface area contributed by atoms with Crippen molar-refractivity contribution < 1.29 is 9.59 Å². The van der Waals surface area contributed by atoms with Crippen molar-refractivity contribution >= 4 is 35.0 Å². The van der Waals surface area contributed by atoms with Crippen LogP contribution in [0.15, 0.2) is 0 Å². The van der Waals surface area contributed by atoms with E-state index in [1.807, 2.05) is 0 Å². The first-order valence-corrected chi connectivity index (χ1v) is 15.9. The number of carbonyl (C=O) groups is 2. The summed E-state index contributed by atoms with van der Waals surface area (Å²) < 4.78 is 0. The molecule has 0 aliphatic carbocycles. The van der Waals surface area contributed by atoms with Crippen LogP contribution in [-0.2, 0) is 9.59 Å². The third kappa shape index (κ3) is 10.8. The Labute approximate surface area is 243 Å². The van der Waals surface area contributed by atoms with E-state index in [-0.39, 0.29) is 46.1 Å². The number of nitrogens with one attached hydrogen (secondary N) is 2. The molecule has 0 unspecified atom stereocenters. The first kappa shape index (κ1) is 33.6. The number of carbonyl (C=O) groups excluding carboxylic acids is 2. The lowest BCUT2D eigenvalue weighted by atomic mass is 9.78. The van der Waals surface area contributed by atoms with Crippen LogP contribution in [0.2, 0.25) is 0 Å². The zero-order chi connectivity index (χ0) is 28.8. The second-order valence-corrected chi connectivity index (χ2v) is 15.1. The fourth-order valence-corrected chi connectivity index (χ4v) is 7.69. The molecule has 2 heterocycles. The minimum atomic E-state index is -0.0112. The summed E-state index contributed by atoms with van der Waals surface area (Å²) in [6.07, 6.45) is 8.63. The van der Waals surface area contributed by atoms with E-state index >= 15 is 0 Å². The van der Waals surface area contributed by atoms with Crippen LogP contribution in [0, 0.1) is 0 Å². The molecule has 2 fully saturated rings. The molecule has 0 atom stereocenters. The molecular formula is C30H56Cl2N4O2. The second-order valence-electron chi connectivity index (χ2n) is 14.4. The van der Waals surface area contributed by atoms with Crippen molar-refractivity contribution in [1.29, 1.82) is 0 Å². The molecule has 0 aromatic carbocycles. The van der Waals surface area contributed by atoms with Crippen LogP contribution >= 0.6 is 23.2 Å². The Bertz CT molecular complexity index is 688. The van der Waals surface area contributed by atoms with Crippen LogP contribution in [0.3, 0.4) is 0 Å². The third-order valence-corrected chi connectivity index (χ3v) is 8.40. The first-order valence-electron chi connectivity index (χ1n) is 14.8. The molecular weight excluding hydrogens is 519 g/mol. The van der Waals surface area contributed by atoms with Gasteiger partial charge in [-0.05, 0) is 93.9 Å². The van der Waals surface area contributed by atoms with Crippen molar-refractivity contribution in [2.24, 2.45) is 0 Å². The number of hydrogen-bond acceptors (Lipinski definition) is 4. The maximum atomic E-state index is 13.1. The van der Waals surface area contributed by atoms with Crippen LogP contribution in [-0.4, -0.2) is 80.7 Å². The van der Waals surface area contributed by atoms with Gasteiger partial charge in [-0.2, -0.15) is 0 Å². The van der Waals surface area contributed by atoms with Crippen molar-refractivity contribution in [3.63, 3.8) is 0 Å². The number of hydrogen-bond donors (Lipinski definition) is 2. The average molecular weight is 576 g/mol. The van der Waals surface area contributed by atoms with Gasteiger partial charge in [0.25, 0.3) is 0 Å². The van der Waals surface area contributed by atoms with E-state index in [9.17, 15) is 9.59 Å². The number of piperidine rings is 2. The fourth-order valence-electron chi connectivity index (χ4n) is 7.37. The van der Waals surface area contributed by atoms with Gasteiger partial charge in [0.15, 0.2) is 0 Å². The maximum absolute atomic E-state index is 13.1. The van der Waals surface area contributed by atoms with Crippen molar-refractivity contribution in [3.8, 4) is 0 Å². The predicted octanol–water partition coefficient (Wildman–Crippen LogP) is 6.08. The highest BCUT2D eigenvalue weighted by atomic mass is 35.5. The molecule has 8 heteroatoms. The quantitative estimate of drug-likeness (QED) is 0.206. The predicted molar refractivity (Wildman–Crippen MR) is 161 cm³/mol. The Morgan fingerprint density at radius 2 is 0.895 bits per heavy atom. The van der Waals surface area contributed by atoms with E-state index in [1.165, 1.54) is 0 Å². The molecule has 0 aromatic heterocycles. The highest BCUT2D eigenvalue weighted by Crippen LogP contribution is 2.33. The van der Waals surface area contributed by atoms with Crippen molar-refractivity contribution in [2.75, 3.05) is 24.8 Å². The van der Waals surface area contributed by atoms with E-state index < -0.39 is 0 Å². The number of unbranched alkanes of at least 4 members (excludes halogenated alkanes) is 3. The van der Waals surface area contributed by atoms with Gasteiger partial charge in [-0.1, -0.05) is 12.8 Å². The van der Waals surface area contributed by atoms with Gasteiger partial charge in [0, 0.05) is 71.9 Å². The summed E-state index contributed by atoms with van der Waals surface area (Å²) in [5, 5.41) is 7.46. The van der Waals surface area contributed by atoms with Crippen LogP contribution in [0.5, 0.6) is 0 Å². The monoisotopic (exact) mass is 574 g/mol. The van der Waals surface area contributed by atoms with E-state index in [2.05, 4.69) is 75.8 Å². The van der Waals surface area contributed by atoms with Crippen LogP contribution in [0.1, 0.15) is 120 Å². The van der Waals surface area contributed by atoms with Crippen LogP contribution in [0.4, 0.5) is 0 Å². The molecule has 0 bridgehead atoms. The minimum absolute atomic E-state index is 0.0112. The van der Waals surface area contributed by atoms with Crippen molar-refractivity contribution in [1.82, 2.24) is 20.4 Å². The molecule has 0 radical (unpaired) electrons. The molecule has 0 aromatic rings. The second kappa shape index (κ2) is 13.9. The molecule has 2 aliphatic rings. The van der Waals surface area contributed by atoms with Gasteiger partial charge in [-0.15, -0.1) is 23.2 Å². The highest BCUT2D eigenvalue weighted by molar-refractivity contribution is 6.19. The Morgan fingerprint density at radius 1 is 0.605 bits per heavy atom. The topological polar surface area (TPSA) is 64.7 Å². The van der Waals surface area contributed by atoms with Crippen LogP contribution in [0.25, 0.3) is 0 Å². The van der Waals surface area contributed by atoms with Gasteiger partial charge in [-0.25, -0.2) is 0 Å². The number of halogens is 2. The van der Waals surface area contributed by atoms with Gasteiger partial charge < -0.3 is 20.4 Å². The van der Waals surface area contributed by atoms with Crippen molar-refractivity contribution in [3.05, 3.63) is 0 Å². The summed E-state index contributed by atoms with van der Waals surface area (Å²) in [6.45, 7) is 19.4. The van der Waals surface area contributed by atoms with Gasteiger partial charge in [0.2, 0.25) is 11.8 Å². The summed E-state index contributed by atoms with van der Waals surface area (Å²) in [7, 11) is 0. The summed E-state index contributed by atoms with van der Waals surface area (Å²) in [4.78, 5) is 30.3. The molecule has 2 aliphatic heterocycles. The zero-order valence-electron chi connectivity index (χ0n) is 25.5. The van der Waals surface area contributed by atoms with E-state index in [1.54, 1.807) is 0 Å². The average Bonchev–Trinajstić information content (AvgIpc) is 2.71. The minimum Gasteiger partial charge on any atom is -0.340 e. The first-order chi connectivity index (χ1) is 17.5. The molecule has 6 nitrogen and oxygen atoms in total. The molecule has 0 saturated carbocycles. The van der Waals surface area contributed by atoms with Gasteiger partial charge in [0.05, 0.1) is 0 Å². The fraction of sp³-hybridized carbons (Fsp3) is 0.933.